The third-order valence-corrected chi connectivity index (χ3v) is 3.67. The van der Waals surface area contributed by atoms with Crippen molar-refractivity contribution in [1.82, 2.24) is 5.32 Å². The number of hydrogen-bond donors (Lipinski definition) is 2. The van der Waals surface area contributed by atoms with Crippen molar-refractivity contribution in [2.24, 2.45) is 0 Å². The highest BCUT2D eigenvalue weighted by Crippen LogP contribution is 2.27. The fourth-order valence-corrected chi connectivity index (χ4v) is 2.43. The van der Waals surface area contributed by atoms with E-state index in [4.69, 9.17) is 27.9 Å². The van der Waals surface area contributed by atoms with Gasteiger partial charge in [-0.3, -0.25) is 4.79 Å². The Morgan fingerprint density at radius 2 is 1.96 bits per heavy atom. The number of rotatable bonds is 7. The van der Waals surface area contributed by atoms with Gasteiger partial charge >= 0.3 is 0 Å². The molecule has 0 aliphatic carbocycles. The minimum absolute atomic E-state index is 0.128. The lowest BCUT2D eigenvalue weighted by atomic mass is 10.1. The second-order valence-corrected chi connectivity index (χ2v) is 5.78. The number of amides is 1. The van der Waals surface area contributed by atoms with Gasteiger partial charge in [0.05, 0.1) is 18.1 Å². The summed E-state index contributed by atoms with van der Waals surface area (Å²) in [6, 6.07) is 11.8. The van der Waals surface area contributed by atoms with E-state index in [0.29, 0.717) is 40.9 Å². The molecule has 0 aliphatic rings. The molecule has 122 valence electrons. The molecule has 6 heteroatoms. The van der Waals surface area contributed by atoms with Crippen molar-refractivity contribution in [3.05, 3.63) is 58.1 Å². The molecule has 0 aromatic heterocycles. The summed E-state index contributed by atoms with van der Waals surface area (Å²) in [5.41, 5.74) is 0.606. The fraction of sp³-hybridized carbons (Fsp3) is 0.235. The number of carbonyl (C=O) groups is 1. The Balaban J connectivity index is 1.67. The van der Waals surface area contributed by atoms with Crippen LogP contribution in [0.4, 0.5) is 0 Å². The molecule has 0 spiro atoms. The molecule has 2 aromatic carbocycles. The molecule has 4 nitrogen and oxygen atoms in total. The van der Waals surface area contributed by atoms with Crippen LogP contribution < -0.4 is 10.1 Å². The number of carbonyl (C=O) groups excluding carboxylic acids is 1. The van der Waals surface area contributed by atoms with Gasteiger partial charge in [0, 0.05) is 17.1 Å². The van der Waals surface area contributed by atoms with Crippen molar-refractivity contribution in [3.8, 4) is 11.5 Å². The molecule has 0 fully saturated rings. The Morgan fingerprint density at radius 3 is 2.70 bits per heavy atom. The van der Waals surface area contributed by atoms with Crippen molar-refractivity contribution in [2.75, 3.05) is 13.2 Å². The van der Waals surface area contributed by atoms with E-state index in [9.17, 15) is 9.90 Å². The van der Waals surface area contributed by atoms with E-state index in [2.05, 4.69) is 5.32 Å². The van der Waals surface area contributed by atoms with E-state index in [-0.39, 0.29) is 18.1 Å². The summed E-state index contributed by atoms with van der Waals surface area (Å²) in [7, 11) is 0. The van der Waals surface area contributed by atoms with E-state index in [1.165, 1.54) is 0 Å². The smallest absolute Gasteiger partial charge is 0.224 e. The van der Waals surface area contributed by atoms with Crippen molar-refractivity contribution >= 4 is 29.1 Å². The third kappa shape index (κ3) is 5.66. The predicted molar refractivity (Wildman–Crippen MR) is 91.4 cm³/mol. The zero-order chi connectivity index (χ0) is 16.7. The van der Waals surface area contributed by atoms with E-state index in [1.807, 2.05) is 0 Å². The molecule has 2 N–H and O–H groups in total. The Morgan fingerprint density at radius 1 is 1.17 bits per heavy atom. The van der Waals surface area contributed by atoms with Crippen LogP contribution in [0.1, 0.15) is 12.0 Å². The zero-order valence-corrected chi connectivity index (χ0v) is 13.9. The summed E-state index contributed by atoms with van der Waals surface area (Å²) in [5, 5.41) is 13.4. The summed E-state index contributed by atoms with van der Waals surface area (Å²) in [4.78, 5) is 11.8. The number of ether oxygens (including phenoxy) is 1. The van der Waals surface area contributed by atoms with Gasteiger partial charge in [-0.2, -0.15) is 0 Å². The number of halogens is 2. The molecular weight excluding hydrogens is 337 g/mol. The second-order valence-electron chi connectivity index (χ2n) is 4.93. The predicted octanol–water partition coefficient (Wildman–Crippen LogP) is 3.83. The molecule has 0 radical (unpaired) electrons. The summed E-state index contributed by atoms with van der Waals surface area (Å²) >= 11 is 11.8. The molecule has 0 aliphatic heterocycles. The molecule has 23 heavy (non-hydrogen) atoms. The molecule has 2 aromatic rings. The lowest BCUT2D eigenvalue weighted by molar-refractivity contribution is -0.120. The first-order chi connectivity index (χ1) is 11.1. The van der Waals surface area contributed by atoms with Crippen LogP contribution in [0, 0.1) is 0 Å². The molecular formula is C17H17Cl2NO3. The van der Waals surface area contributed by atoms with Gasteiger partial charge in [0.25, 0.3) is 0 Å². The fourth-order valence-electron chi connectivity index (χ4n) is 1.97. The van der Waals surface area contributed by atoms with E-state index in [0.717, 1.165) is 0 Å². The van der Waals surface area contributed by atoms with Crippen molar-refractivity contribution < 1.29 is 14.6 Å². The number of benzene rings is 2. The molecule has 1 amide bonds. The maximum Gasteiger partial charge on any atom is 0.224 e. The van der Waals surface area contributed by atoms with Crippen LogP contribution in [-0.4, -0.2) is 24.2 Å². The first-order valence-corrected chi connectivity index (χ1v) is 7.93. The molecule has 0 unspecified atom stereocenters. The number of nitrogens with one attached hydrogen (secondary N) is 1. The summed E-state index contributed by atoms with van der Waals surface area (Å²) in [6.45, 7) is 0.913. The van der Waals surface area contributed by atoms with Crippen LogP contribution in [0.15, 0.2) is 42.5 Å². The van der Waals surface area contributed by atoms with Gasteiger partial charge in [-0.05, 0) is 30.7 Å². The Hall–Kier alpha value is -1.91. The summed E-state index contributed by atoms with van der Waals surface area (Å²) in [6.07, 6.45) is 0.794. The first kappa shape index (κ1) is 17.4. The number of para-hydroxylation sites is 1. The molecule has 0 saturated heterocycles. The highest BCUT2D eigenvalue weighted by atomic mass is 35.5. The second kappa shape index (κ2) is 8.65. The molecule has 0 bridgehead atoms. The molecule has 0 saturated carbocycles. The maximum absolute atomic E-state index is 11.8. The van der Waals surface area contributed by atoms with Crippen LogP contribution in [0.25, 0.3) is 0 Å². The number of aromatic hydroxyl groups is 1. The van der Waals surface area contributed by atoms with E-state index in [1.54, 1.807) is 42.5 Å². The van der Waals surface area contributed by atoms with Gasteiger partial charge in [-0.1, -0.05) is 41.4 Å². The van der Waals surface area contributed by atoms with Crippen molar-refractivity contribution in [2.45, 2.75) is 12.8 Å². The van der Waals surface area contributed by atoms with Gasteiger partial charge in [-0.25, -0.2) is 0 Å². The van der Waals surface area contributed by atoms with Gasteiger partial charge in [0.1, 0.15) is 11.5 Å². The number of phenols is 1. The molecule has 0 atom stereocenters. The van der Waals surface area contributed by atoms with Crippen molar-refractivity contribution in [1.29, 1.82) is 0 Å². The largest absolute Gasteiger partial charge is 0.508 e. The zero-order valence-electron chi connectivity index (χ0n) is 12.4. The van der Waals surface area contributed by atoms with Crippen LogP contribution in [0.3, 0.4) is 0 Å². The topological polar surface area (TPSA) is 58.6 Å². The van der Waals surface area contributed by atoms with Crippen molar-refractivity contribution in [3.63, 3.8) is 0 Å². The highest BCUT2D eigenvalue weighted by molar-refractivity contribution is 6.35. The maximum atomic E-state index is 11.8. The van der Waals surface area contributed by atoms with Gasteiger partial charge < -0.3 is 15.2 Å². The SMILES string of the molecule is O=C(Cc1ccccc1O)NCCCOc1ccc(Cl)cc1Cl. The third-order valence-electron chi connectivity index (χ3n) is 3.14. The number of hydrogen-bond acceptors (Lipinski definition) is 3. The monoisotopic (exact) mass is 353 g/mol. The number of phenolic OH excluding ortho intramolecular Hbond substituents is 1. The van der Waals surface area contributed by atoms with Crippen LogP contribution in [0.5, 0.6) is 11.5 Å². The Kier molecular flexibility index (Phi) is 6.56. The van der Waals surface area contributed by atoms with Crippen LogP contribution in [0.2, 0.25) is 10.0 Å². The van der Waals surface area contributed by atoms with E-state index >= 15 is 0 Å². The highest BCUT2D eigenvalue weighted by Gasteiger charge is 2.06. The van der Waals surface area contributed by atoms with Gasteiger partial charge in [0.15, 0.2) is 0 Å². The Bertz CT molecular complexity index is 677. The average Bonchev–Trinajstić information content (AvgIpc) is 2.51. The van der Waals surface area contributed by atoms with Gasteiger partial charge in [-0.15, -0.1) is 0 Å². The lowest BCUT2D eigenvalue weighted by Crippen LogP contribution is -2.27. The lowest BCUT2D eigenvalue weighted by Gasteiger charge is -2.09. The minimum atomic E-state index is -0.143. The summed E-state index contributed by atoms with van der Waals surface area (Å²) < 4.78 is 5.53. The normalized spacial score (nSPS) is 10.3. The Labute approximate surface area is 145 Å². The average molecular weight is 354 g/mol. The van der Waals surface area contributed by atoms with E-state index < -0.39 is 0 Å². The van der Waals surface area contributed by atoms with Crippen LogP contribution >= 0.6 is 23.2 Å². The standard InChI is InChI=1S/C17H17Cl2NO3/c18-13-6-7-16(14(19)11-13)23-9-3-8-20-17(22)10-12-4-1-2-5-15(12)21/h1-2,4-7,11,21H,3,8-10H2,(H,20,22). The van der Waals surface area contributed by atoms with Gasteiger partial charge in [0.2, 0.25) is 5.91 Å². The quantitative estimate of drug-likeness (QED) is 0.743. The minimum Gasteiger partial charge on any atom is -0.508 e. The molecule has 0 heterocycles. The van der Waals surface area contributed by atoms with Crippen LogP contribution in [-0.2, 0) is 11.2 Å². The first-order valence-electron chi connectivity index (χ1n) is 7.17. The summed E-state index contributed by atoms with van der Waals surface area (Å²) in [5.74, 6) is 0.552. The molecule has 2 rings (SSSR count).